The summed E-state index contributed by atoms with van der Waals surface area (Å²) in [6.07, 6.45) is 3.09. The van der Waals surface area contributed by atoms with Crippen LogP contribution in [0.3, 0.4) is 0 Å². The van der Waals surface area contributed by atoms with Gasteiger partial charge in [0.15, 0.2) is 0 Å². The highest BCUT2D eigenvalue weighted by Crippen LogP contribution is 2.28. The highest BCUT2D eigenvalue weighted by Gasteiger charge is 2.08. The van der Waals surface area contributed by atoms with Crippen molar-refractivity contribution in [3.63, 3.8) is 0 Å². The van der Waals surface area contributed by atoms with E-state index in [1.165, 1.54) is 10.6 Å². The largest absolute Gasteiger partial charge is 0.356 e. The Bertz CT molecular complexity index is 460. The summed E-state index contributed by atoms with van der Waals surface area (Å²) in [5, 5.41) is 0. The van der Waals surface area contributed by atoms with E-state index in [0.29, 0.717) is 0 Å². The van der Waals surface area contributed by atoms with Gasteiger partial charge in [-0.15, -0.1) is 11.8 Å². The van der Waals surface area contributed by atoms with Crippen molar-refractivity contribution in [3.05, 3.63) is 23.5 Å². The number of nitrogens with zero attached hydrogens (tertiary/aromatic N) is 1. The van der Waals surface area contributed by atoms with Crippen LogP contribution in [0.15, 0.2) is 17.0 Å². The predicted molar refractivity (Wildman–Crippen MR) is 62.0 cm³/mol. The van der Waals surface area contributed by atoms with Crippen LogP contribution in [0.4, 0.5) is 0 Å². The summed E-state index contributed by atoms with van der Waals surface area (Å²) in [7, 11) is 0. The van der Waals surface area contributed by atoms with E-state index >= 15 is 0 Å². The van der Waals surface area contributed by atoms with Gasteiger partial charge in [0.05, 0.1) is 10.4 Å². The Morgan fingerprint density at radius 3 is 2.86 bits per heavy atom. The third-order valence-electron chi connectivity index (χ3n) is 2.40. The maximum Gasteiger partial charge on any atom is 0.102 e. The molecule has 2 aromatic rings. The molecule has 0 unspecified atom stereocenters. The molecule has 0 aliphatic rings. The summed E-state index contributed by atoms with van der Waals surface area (Å²) in [5.74, 6) is 0. The topological polar surface area (TPSA) is 28.7 Å². The van der Waals surface area contributed by atoms with Crippen LogP contribution in [0.5, 0.6) is 0 Å². The summed E-state index contributed by atoms with van der Waals surface area (Å²) >= 11 is 1.76. The van der Waals surface area contributed by atoms with Crippen LogP contribution in [0.2, 0.25) is 0 Å². The second-order valence-electron chi connectivity index (χ2n) is 3.34. The molecule has 0 saturated heterocycles. The number of hydrogen-bond acceptors (Lipinski definition) is 2. The molecule has 3 heteroatoms. The molecule has 2 heterocycles. The van der Waals surface area contributed by atoms with Crippen LogP contribution in [0.25, 0.3) is 11.0 Å². The van der Waals surface area contributed by atoms with Crippen molar-refractivity contribution in [1.82, 2.24) is 9.97 Å². The quantitative estimate of drug-likeness (QED) is 0.765. The average Bonchev–Trinajstić information content (AvgIpc) is 2.52. The first-order chi connectivity index (χ1) is 6.76. The van der Waals surface area contributed by atoms with Gasteiger partial charge in [-0.25, -0.2) is 0 Å². The molecule has 0 bridgehead atoms. The molecule has 14 heavy (non-hydrogen) atoms. The molecule has 0 aromatic carbocycles. The molecule has 0 aliphatic heterocycles. The van der Waals surface area contributed by atoms with E-state index in [1.807, 2.05) is 0 Å². The van der Waals surface area contributed by atoms with Gasteiger partial charge in [0.25, 0.3) is 0 Å². The lowest BCUT2D eigenvalue weighted by Gasteiger charge is -1.97. The lowest BCUT2D eigenvalue weighted by Crippen LogP contribution is -1.86. The monoisotopic (exact) mass is 206 g/mol. The molecule has 2 aromatic heterocycles. The lowest BCUT2D eigenvalue weighted by molar-refractivity contribution is 1.05. The SMILES string of the molecule is CCc1ccc2[nH]c(C)c(SC)c2n1. The summed E-state index contributed by atoms with van der Waals surface area (Å²) in [4.78, 5) is 9.25. The molecule has 0 spiro atoms. The number of thioether (sulfide) groups is 1. The minimum Gasteiger partial charge on any atom is -0.356 e. The van der Waals surface area contributed by atoms with Crippen molar-refractivity contribution in [2.45, 2.75) is 25.2 Å². The maximum absolute atomic E-state index is 4.63. The van der Waals surface area contributed by atoms with Crippen LogP contribution in [-0.2, 0) is 6.42 Å². The standard InChI is InChI=1S/C11H14N2S/c1-4-8-5-6-9-10(13-8)11(14-3)7(2)12-9/h5-6,12H,4H2,1-3H3. The fourth-order valence-corrected chi connectivity index (χ4v) is 2.36. The Balaban J connectivity index is 2.71. The van der Waals surface area contributed by atoms with Crippen molar-refractivity contribution in [1.29, 1.82) is 0 Å². The van der Waals surface area contributed by atoms with Crippen LogP contribution in [0.1, 0.15) is 18.3 Å². The highest BCUT2D eigenvalue weighted by atomic mass is 32.2. The zero-order valence-electron chi connectivity index (χ0n) is 8.72. The molecule has 74 valence electrons. The van der Waals surface area contributed by atoms with E-state index in [-0.39, 0.29) is 0 Å². The third kappa shape index (κ3) is 1.42. The van der Waals surface area contributed by atoms with E-state index in [9.17, 15) is 0 Å². The van der Waals surface area contributed by atoms with Gasteiger partial charge < -0.3 is 4.98 Å². The molecule has 0 radical (unpaired) electrons. The number of pyridine rings is 1. The molecule has 0 aliphatic carbocycles. The first-order valence-electron chi connectivity index (χ1n) is 4.78. The maximum atomic E-state index is 4.63. The third-order valence-corrected chi connectivity index (χ3v) is 3.30. The highest BCUT2D eigenvalue weighted by molar-refractivity contribution is 7.98. The van der Waals surface area contributed by atoms with Gasteiger partial charge in [0.1, 0.15) is 5.52 Å². The fraction of sp³-hybridized carbons (Fsp3) is 0.364. The molecular formula is C11H14N2S. The van der Waals surface area contributed by atoms with Gasteiger partial charge in [0.2, 0.25) is 0 Å². The van der Waals surface area contributed by atoms with Crippen molar-refractivity contribution in [2.75, 3.05) is 6.26 Å². The van der Waals surface area contributed by atoms with Gasteiger partial charge in [-0.2, -0.15) is 0 Å². The van der Waals surface area contributed by atoms with Crippen LogP contribution in [-0.4, -0.2) is 16.2 Å². The van der Waals surface area contributed by atoms with E-state index in [2.05, 4.69) is 42.2 Å². The molecular weight excluding hydrogens is 192 g/mol. The predicted octanol–water partition coefficient (Wildman–Crippen LogP) is 3.16. The minimum absolute atomic E-state index is 0.994. The molecule has 0 saturated carbocycles. The number of hydrogen-bond donors (Lipinski definition) is 1. The zero-order valence-corrected chi connectivity index (χ0v) is 9.53. The number of fused-ring (bicyclic) bond motifs is 1. The van der Waals surface area contributed by atoms with Crippen LogP contribution < -0.4 is 0 Å². The average molecular weight is 206 g/mol. The second kappa shape index (κ2) is 3.65. The number of H-pyrrole nitrogens is 1. The number of aromatic amines is 1. The Hall–Kier alpha value is -0.960. The number of nitrogens with one attached hydrogen (secondary N) is 1. The molecule has 1 N–H and O–H groups in total. The normalized spacial score (nSPS) is 11.1. The Kier molecular flexibility index (Phi) is 2.50. The van der Waals surface area contributed by atoms with E-state index in [1.54, 1.807) is 11.8 Å². The minimum atomic E-state index is 0.994. The van der Waals surface area contributed by atoms with Crippen LogP contribution in [0, 0.1) is 6.92 Å². The number of aryl methyl sites for hydroxylation is 2. The first kappa shape index (κ1) is 9.59. The lowest BCUT2D eigenvalue weighted by atomic mass is 10.2. The zero-order chi connectivity index (χ0) is 10.1. The number of aromatic nitrogens is 2. The summed E-state index contributed by atoms with van der Waals surface area (Å²) < 4.78 is 0. The molecule has 0 fully saturated rings. The van der Waals surface area contributed by atoms with E-state index in [0.717, 1.165) is 23.1 Å². The van der Waals surface area contributed by atoms with Crippen molar-refractivity contribution in [3.8, 4) is 0 Å². The van der Waals surface area contributed by atoms with Gasteiger partial charge >= 0.3 is 0 Å². The van der Waals surface area contributed by atoms with Gasteiger partial charge in [-0.3, -0.25) is 4.98 Å². The Labute approximate surface area is 88.1 Å². The molecule has 0 amide bonds. The fourth-order valence-electron chi connectivity index (χ4n) is 1.66. The number of rotatable bonds is 2. The van der Waals surface area contributed by atoms with Crippen molar-refractivity contribution < 1.29 is 0 Å². The van der Waals surface area contributed by atoms with Gasteiger partial charge in [-0.05, 0) is 31.7 Å². The van der Waals surface area contributed by atoms with Crippen LogP contribution >= 0.6 is 11.8 Å². The first-order valence-corrected chi connectivity index (χ1v) is 6.01. The Morgan fingerprint density at radius 1 is 1.43 bits per heavy atom. The van der Waals surface area contributed by atoms with Crippen molar-refractivity contribution >= 4 is 22.8 Å². The summed E-state index contributed by atoms with van der Waals surface area (Å²) in [6.45, 7) is 4.23. The molecule has 0 atom stereocenters. The second-order valence-corrected chi connectivity index (χ2v) is 4.15. The van der Waals surface area contributed by atoms with E-state index in [4.69, 9.17) is 0 Å². The van der Waals surface area contributed by atoms with Gasteiger partial charge in [0, 0.05) is 11.4 Å². The van der Waals surface area contributed by atoms with Gasteiger partial charge in [-0.1, -0.05) is 6.92 Å². The molecule has 2 rings (SSSR count). The smallest absolute Gasteiger partial charge is 0.102 e. The summed E-state index contributed by atoms with van der Waals surface area (Å²) in [6, 6.07) is 4.20. The molecule has 2 nitrogen and oxygen atoms in total. The van der Waals surface area contributed by atoms with Crippen molar-refractivity contribution in [2.24, 2.45) is 0 Å². The van der Waals surface area contributed by atoms with E-state index < -0.39 is 0 Å². The summed E-state index contributed by atoms with van der Waals surface area (Å²) in [5.41, 5.74) is 4.64. The Morgan fingerprint density at radius 2 is 2.21 bits per heavy atom.